The van der Waals surface area contributed by atoms with Crippen molar-refractivity contribution in [3.05, 3.63) is 208 Å². The van der Waals surface area contributed by atoms with Gasteiger partial charge in [0.15, 0.2) is 11.6 Å². The lowest BCUT2D eigenvalue weighted by Gasteiger charge is -2.24. The monoisotopic (exact) mass is 1670 g/mol. The highest BCUT2D eigenvalue weighted by molar-refractivity contribution is 7.92. The van der Waals surface area contributed by atoms with Crippen molar-refractivity contribution in [2.45, 2.75) is 87.4 Å². The number of aromatic hydroxyl groups is 1. The van der Waals surface area contributed by atoms with E-state index in [9.17, 15) is 76.2 Å². The van der Waals surface area contributed by atoms with E-state index < -0.39 is 192 Å². The van der Waals surface area contributed by atoms with Crippen molar-refractivity contribution in [2.75, 3.05) is 29.1 Å². The van der Waals surface area contributed by atoms with Gasteiger partial charge in [0.05, 0.1) is 91.4 Å². The molecule has 0 aliphatic heterocycles. The zero-order valence-corrected chi connectivity index (χ0v) is 62.1. The Bertz CT molecular complexity index is 6460. The van der Waals surface area contributed by atoms with Gasteiger partial charge < -0.3 is 20.5 Å². The lowest BCUT2D eigenvalue weighted by molar-refractivity contribution is -0.123. The number of sulfonamides is 2. The summed E-state index contributed by atoms with van der Waals surface area (Å²) in [6.07, 6.45) is -5.76. The van der Waals surface area contributed by atoms with E-state index in [-0.39, 0.29) is 124 Å². The summed E-state index contributed by atoms with van der Waals surface area (Å²) in [6, 6.07) is 12.8. The van der Waals surface area contributed by atoms with Gasteiger partial charge in [-0.3, -0.25) is 56.5 Å². The highest BCUT2D eigenvalue weighted by atomic mass is 35.5. The summed E-state index contributed by atoms with van der Waals surface area (Å²) in [7, 11) is -3.82. The van der Waals surface area contributed by atoms with E-state index in [1.54, 1.807) is 0 Å². The first-order chi connectivity index (χ1) is 53.6. The Morgan fingerprint density at radius 3 is 1.41 bits per heavy atom. The number of amides is 2. The maximum Gasteiger partial charge on any atom is 0.293 e. The number of halogens is 15. The first-order valence-corrected chi connectivity index (χ1v) is 38.5. The third kappa shape index (κ3) is 14.0. The number of carbonyl (C=O) groups excluding carboxylic acids is 2. The molecule has 5 N–H and O–H groups in total. The Balaban J connectivity index is 0.000000180. The number of benzene rings is 6. The number of alkyl halides is 8. The number of nitrogens with zero attached hydrogens (tertiary/aromatic N) is 12. The molecule has 6 heterocycles. The number of phenolic OH excluding ortho intramolecular Hbond substituents is 1. The average Bonchev–Trinajstić information content (AvgIpc) is 1.52. The molecule has 4 aliphatic rings. The molecule has 0 radical (unpaired) electrons. The number of anilines is 2. The summed E-state index contributed by atoms with van der Waals surface area (Å²) in [5, 5.41) is 30.6. The van der Waals surface area contributed by atoms with E-state index >= 15 is 22.0 Å². The Kier molecular flexibility index (Phi) is 19.2. The van der Waals surface area contributed by atoms with E-state index in [2.05, 4.69) is 50.4 Å². The van der Waals surface area contributed by atoms with Crippen molar-refractivity contribution in [1.82, 2.24) is 68.9 Å². The van der Waals surface area contributed by atoms with Crippen molar-refractivity contribution in [2.24, 2.45) is 25.9 Å². The van der Waals surface area contributed by atoms with Crippen molar-refractivity contribution in [3.8, 4) is 22.9 Å². The second-order valence-corrected chi connectivity index (χ2v) is 32.1. The summed E-state index contributed by atoms with van der Waals surface area (Å²) in [5.41, 5.74) is -6.54. The van der Waals surface area contributed by atoms with Crippen LogP contribution in [0.4, 0.5) is 68.7 Å². The molecule has 6 aromatic heterocycles. The Labute approximate surface area is 642 Å². The molecule has 2 saturated carbocycles. The number of methoxy groups -OCH3 is 1. The normalized spacial score (nSPS) is 17.6. The quantitative estimate of drug-likeness (QED) is 0.0417. The molecule has 0 saturated heterocycles. The molecule has 2 fully saturated rings. The van der Waals surface area contributed by atoms with Crippen LogP contribution in [0.25, 0.3) is 55.0 Å². The molecule has 6 aromatic carbocycles. The molecule has 16 rings (SSSR count). The van der Waals surface area contributed by atoms with E-state index in [1.165, 1.54) is 68.4 Å². The maximum absolute atomic E-state index is 15.8. The van der Waals surface area contributed by atoms with Crippen LogP contribution in [-0.2, 0) is 81.5 Å². The predicted octanol–water partition coefficient (Wildman–Crippen LogP) is 11.9. The number of hydrogen-bond donors (Lipinski definition) is 5. The second kappa shape index (κ2) is 28.0. The summed E-state index contributed by atoms with van der Waals surface area (Å²) >= 11 is 13.1. The van der Waals surface area contributed by atoms with Crippen LogP contribution in [0.15, 0.2) is 101 Å². The minimum absolute atomic E-state index is 0.00799. The summed E-state index contributed by atoms with van der Waals surface area (Å²) in [5.74, 6) is -20.1. The van der Waals surface area contributed by atoms with Gasteiger partial charge in [0.25, 0.3) is 35.8 Å². The van der Waals surface area contributed by atoms with Crippen LogP contribution in [0.2, 0.25) is 10.0 Å². The highest BCUT2D eigenvalue weighted by Gasteiger charge is 2.68. The molecule has 596 valence electrons. The standard InChI is InChI=1S/C36H28ClF7N8O5S.C35H27ClF6N8O5S/c1-50-30-24(5-4-20(37)27(30)33(48-50)49-58(3,55)56)52-34(46-22-11-17(57-2)10-21(40)28(22)35(52)54)23(8-14-6-15(38)9-16(39)7-14)45-25(53)13-51-31-26(29(47-51)32(41)42)18-12-19(18)36(31,43)44;1-48-29-24(6-5-21(36)27(29)32(46-48)47-56(2,54)55)50-33(44-22-11-17(51)3-4-18(22)34(50)53)23(9-14-7-15(37)10-16(38)8-14)43-25(52)13-49-30-26(28(45-49)31(39)40)19-12-20(19)35(30,41)42/h4-7,9-11,18-19,23,32H,8,12-13H2,1-3H3,(H,45,53)(H,48,49);3-8,10-11,19-20,23,31,51H,9,12-13H2,1-2H3,(H,43,52)(H,46,47)/t18-,19+,23-;19-,20+,23-/m00/s1. The predicted molar refractivity (Wildman–Crippen MR) is 384 cm³/mol. The first kappa shape index (κ1) is 78.0. The number of fused-ring (bicyclic) bond motifs is 10. The summed E-state index contributed by atoms with van der Waals surface area (Å²) in [4.78, 5) is 66.2. The van der Waals surface area contributed by atoms with Gasteiger partial charge in [-0.1, -0.05) is 23.2 Å². The Hall–Kier alpha value is -11.3. The molecule has 6 atom stereocenters. The van der Waals surface area contributed by atoms with E-state index in [0.29, 0.717) is 21.5 Å². The maximum atomic E-state index is 15.8. The number of phenols is 1. The smallest absolute Gasteiger partial charge is 0.293 e. The number of rotatable bonds is 21. The lowest BCUT2D eigenvalue weighted by atomic mass is 10.0. The minimum Gasteiger partial charge on any atom is -0.508 e. The van der Waals surface area contributed by atoms with Crippen LogP contribution in [0.5, 0.6) is 11.5 Å². The van der Waals surface area contributed by atoms with Crippen LogP contribution >= 0.6 is 23.2 Å². The van der Waals surface area contributed by atoms with E-state index in [1.807, 2.05) is 0 Å². The van der Waals surface area contributed by atoms with Crippen LogP contribution in [0, 0.1) is 40.9 Å². The van der Waals surface area contributed by atoms with Gasteiger partial charge in [0.1, 0.15) is 93.5 Å². The summed E-state index contributed by atoms with van der Waals surface area (Å²) < 4.78 is 256. The fourth-order valence-corrected chi connectivity index (χ4v) is 16.8. The molecular weight excluding hydrogens is 1620 g/mol. The molecule has 0 bridgehead atoms. The second-order valence-electron chi connectivity index (χ2n) is 27.8. The van der Waals surface area contributed by atoms with Crippen molar-refractivity contribution >= 4 is 110 Å². The van der Waals surface area contributed by atoms with Gasteiger partial charge >= 0.3 is 0 Å². The number of aromatic nitrogens is 12. The molecule has 26 nitrogen and oxygen atoms in total. The molecular formula is C71H55Cl2F13N16O10S2. The number of ether oxygens (including phenoxy) is 1. The zero-order valence-electron chi connectivity index (χ0n) is 59.0. The minimum atomic E-state index is -3.95. The van der Waals surface area contributed by atoms with Gasteiger partial charge in [-0.2, -0.15) is 38.0 Å². The highest BCUT2D eigenvalue weighted by Crippen LogP contribution is 2.69. The molecule has 43 heteroatoms. The molecule has 0 spiro atoms. The number of carbonyl (C=O) groups is 2. The third-order valence-electron chi connectivity index (χ3n) is 19.9. The number of aryl methyl sites for hydroxylation is 2. The van der Waals surface area contributed by atoms with Gasteiger partial charge in [-0.15, -0.1) is 0 Å². The van der Waals surface area contributed by atoms with Gasteiger partial charge in [0, 0.05) is 80.2 Å². The lowest BCUT2D eigenvalue weighted by Crippen LogP contribution is -2.38. The topological polar surface area (TPSA) is 321 Å². The van der Waals surface area contributed by atoms with Crippen molar-refractivity contribution in [3.63, 3.8) is 0 Å². The van der Waals surface area contributed by atoms with Crippen LogP contribution in [0.1, 0.15) is 106 Å². The number of hydrogen-bond acceptors (Lipinski definition) is 16. The molecule has 4 aliphatic carbocycles. The van der Waals surface area contributed by atoms with Gasteiger partial charge in [-0.05, 0) is 96.5 Å². The average molecular weight is 1670 g/mol. The summed E-state index contributed by atoms with van der Waals surface area (Å²) in [6.45, 7) is -2.03. The Morgan fingerprint density at radius 1 is 0.579 bits per heavy atom. The molecule has 0 unspecified atom stereocenters. The molecule has 12 aromatic rings. The number of nitrogens with one attached hydrogen (secondary N) is 4. The molecule has 2 amide bonds. The largest absolute Gasteiger partial charge is 0.508 e. The first-order valence-electron chi connectivity index (χ1n) is 33.9. The molecule has 114 heavy (non-hydrogen) atoms. The van der Waals surface area contributed by atoms with E-state index in [0.717, 1.165) is 62.7 Å². The fraction of sp³-hybridized carbons (Fsp3) is 0.296. The van der Waals surface area contributed by atoms with Crippen molar-refractivity contribution in [1.29, 1.82) is 0 Å². The Morgan fingerprint density at radius 2 is 1.00 bits per heavy atom. The fourth-order valence-electron chi connectivity index (χ4n) is 15.3. The SMILES string of the molecule is COc1cc(F)c2c(=O)n(-c3ccc(Cl)c4c(NS(C)(=O)=O)nn(C)c34)c([C@H](Cc3cc(F)cc(F)c3)NC(=O)Cn3nc(C(F)F)c4c3C(F)(F)[C@@H]3C[C@H]43)nc2c1.Cn1nc(NS(C)(=O)=O)c2c(Cl)ccc(-n3c([C@H](Cc4cc(F)cc(F)c4)NC(=O)Cn4nc(C(F)F)c5c4C(F)(F)[C@@H]4C[C@H]54)nc4cc(O)ccc4c3=O)c21. The third-order valence-corrected chi connectivity index (χ3v) is 21.6. The van der Waals surface area contributed by atoms with Gasteiger partial charge in [0.2, 0.25) is 31.9 Å². The van der Waals surface area contributed by atoms with Crippen LogP contribution < -0.4 is 35.9 Å². The van der Waals surface area contributed by atoms with Crippen molar-refractivity contribution < 1.29 is 93.3 Å². The van der Waals surface area contributed by atoms with E-state index in [4.69, 9.17) is 27.9 Å². The van der Waals surface area contributed by atoms with Gasteiger partial charge in [-0.25, -0.2) is 66.3 Å². The van der Waals surface area contributed by atoms with Crippen LogP contribution in [-0.4, -0.2) is 112 Å². The zero-order chi connectivity index (χ0) is 81.9. The van der Waals surface area contributed by atoms with Crippen LogP contribution in [0.3, 0.4) is 0 Å².